The molecule has 0 amide bonds. The molecule has 0 fully saturated rings. The Morgan fingerprint density at radius 1 is 0.532 bits per heavy atom. The number of nitrogens with zero attached hydrogens (tertiary/aromatic N) is 4. The molecule has 8 bridgehead atoms. The molecule has 1 atom stereocenters. The van der Waals surface area contributed by atoms with Gasteiger partial charge < -0.3 is 15.1 Å². The number of pyridine rings is 2. The van der Waals surface area contributed by atoms with Crippen LogP contribution in [-0.4, -0.2) is 15.1 Å². The molecular formula is C41H56N4OV. The van der Waals surface area contributed by atoms with Gasteiger partial charge in [-0.25, -0.2) is 0 Å². The van der Waals surface area contributed by atoms with Gasteiger partial charge in [-0.1, -0.05) is 91.8 Å². The summed E-state index contributed by atoms with van der Waals surface area (Å²) in [6.07, 6.45) is 6.72. The largest absolute Gasteiger partial charge is 2.00 e. The molecule has 0 aromatic carbocycles. The standard InChI is InChI=1S/C41H56N4O.V/c1-11-38(12-2)29-20-19-21-30(42-29)39(13-3,14-4)34-23-22-28(9)36(45-34)37(10,46)41(17-7,18-8)35-27-26-33(44-35)40(15-5,16-6)32-25-24-31(38)43-32;/h19-27,46H,11-18H2,1-10H3;/q-2;+2. The number of rotatable bonds is 8. The molecule has 1 aliphatic rings. The van der Waals surface area contributed by atoms with Crippen LogP contribution >= 0.6 is 0 Å². The van der Waals surface area contributed by atoms with Crippen molar-refractivity contribution in [1.82, 2.24) is 19.9 Å². The van der Waals surface area contributed by atoms with E-state index in [1.807, 2.05) is 6.92 Å². The minimum Gasteiger partial charge on any atom is -0.664 e. The maximum atomic E-state index is 12.9. The second kappa shape index (κ2) is 13.7. The average Bonchev–Trinajstić information content (AvgIpc) is 3.78. The van der Waals surface area contributed by atoms with Crippen LogP contribution in [0.2, 0.25) is 0 Å². The van der Waals surface area contributed by atoms with Crippen molar-refractivity contribution < 1.29 is 23.7 Å². The first kappa shape index (κ1) is 37.2. The summed E-state index contributed by atoms with van der Waals surface area (Å²) in [5.74, 6) is 0. The van der Waals surface area contributed by atoms with E-state index in [2.05, 4.69) is 117 Å². The first-order valence-corrected chi connectivity index (χ1v) is 18.0. The Bertz CT molecular complexity index is 1650. The van der Waals surface area contributed by atoms with Gasteiger partial charge in [0.05, 0.1) is 22.5 Å². The van der Waals surface area contributed by atoms with E-state index < -0.39 is 16.4 Å². The van der Waals surface area contributed by atoms with Crippen molar-refractivity contribution in [2.24, 2.45) is 0 Å². The summed E-state index contributed by atoms with van der Waals surface area (Å²) in [5, 5.41) is 12.9. The molecule has 4 aromatic heterocycles. The topological polar surface area (TPSA) is 74.2 Å². The van der Waals surface area contributed by atoms with E-state index in [4.69, 9.17) is 19.9 Å². The van der Waals surface area contributed by atoms with Crippen molar-refractivity contribution >= 4 is 0 Å². The molecule has 1 aliphatic heterocycles. The van der Waals surface area contributed by atoms with Gasteiger partial charge >= 0.3 is 18.6 Å². The Kier molecular flexibility index (Phi) is 10.9. The predicted molar refractivity (Wildman–Crippen MR) is 189 cm³/mol. The molecule has 1 N–H and O–H groups in total. The molecule has 6 heteroatoms. The smallest absolute Gasteiger partial charge is 0.664 e. The SMILES string of the molecule is CCC1(CC)c2cccc(n2)C(CC)(CC)c2ccc([n-]2)C(CC)(CC)c2ccc([n-]2)C(CC)(CC)C(C)(O)c2nc1ccc2C.[V+2]. The summed E-state index contributed by atoms with van der Waals surface area (Å²) < 4.78 is 0. The molecule has 1 unspecified atom stereocenters. The minimum absolute atomic E-state index is 0. The fraction of sp³-hybridized carbons (Fsp3) is 0.561. The van der Waals surface area contributed by atoms with Crippen LogP contribution in [-0.2, 0) is 45.8 Å². The summed E-state index contributed by atoms with van der Waals surface area (Å²) in [4.78, 5) is 22.0. The molecule has 0 spiro atoms. The second-order valence-electron chi connectivity index (χ2n) is 13.9. The molecule has 47 heavy (non-hydrogen) atoms. The van der Waals surface area contributed by atoms with Crippen LogP contribution in [0.5, 0.6) is 0 Å². The molecule has 5 nitrogen and oxygen atoms in total. The summed E-state index contributed by atoms with van der Waals surface area (Å²) in [5.41, 5.74) is 5.99. The number of hydrogen-bond acceptors (Lipinski definition) is 3. The fourth-order valence-corrected chi connectivity index (χ4v) is 9.14. The van der Waals surface area contributed by atoms with Crippen LogP contribution < -0.4 is 9.97 Å². The van der Waals surface area contributed by atoms with E-state index in [-0.39, 0.29) is 29.4 Å². The quantitative estimate of drug-likeness (QED) is 0.202. The second-order valence-corrected chi connectivity index (χ2v) is 13.9. The van der Waals surface area contributed by atoms with Gasteiger partial charge in [0.25, 0.3) is 0 Å². The van der Waals surface area contributed by atoms with Gasteiger partial charge in [-0.15, -0.1) is 5.69 Å². The van der Waals surface area contributed by atoms with Gasteiger partial charge in [0.15, 0.2) is 0 Å². The molecule has 1 radical (unpaired) electrons. The van der Waals surface area contributed by atoms with Gasteiger partial charge in [0.1, 0.15) is 5.60 Å². The Hall–Kier alpha value is -2.60. The molecule has 0 aliphatic carbocycles. The third kappa shape index (κ3) is 5.22. The van der Waals surface area contributed by atoms with Gasteiger partial charge in [-0.05, 0) is 94.4 Å². The molecule has 251 valence electrons. The zero-order valence-electron chi connectivity index (χ0n) is 30.5. The summed E-state index contributed by atoms with van der Waals surface area (Å²) >= 11 is 0. The fourth-order valence-electron chi connectivity index (χ4n) is 9.14. The van der Waals surface area contributed by atoms with Crippen molar-refractivity contribution in [3.8, 4) is 0 Å². The average molecular weight is 672 g/mol. The number of fused-ring (bicyclic) bond motifs is 8. The van der Waals surface area contributed by atoms with Crippen molar-refractivity contribution in [2.75, 3.05) is 0 Å². The summed E-state index contributed by atoms with van der Waals surface area (Å²) in [6, 6.07) is 19.7. The summed E-state index contributed by atoms with van der Waals surface area (Å²) in [6.45, 7) is 21.9. The van der Waals surface area contributed by atoms with Gasteiger partial charge in [0.2, 0.25) is 0 Å². The monoisotopic (exact) mass is 671 g/mol. The molecule has 4 aromatic rings. The van der Waals surface area contributed by atoms with Crippen LogP contribution in [0.4, 0.5) is 0 Å². The third-order valence-corrected chi connectivity index (χ3v) is 12.8. The van der Waals surface area contributed by atoms with E-state index in [1.165, 1.54) is 0 Å². The summed E-state index contributed by atoms with van der Waals surface area (Å²) in [7, 11) is 0. The molecule has 5 rings (SSSR count). The zero-order chi connectivity index (χ0) is 33.5. The van der Waals surface area contributed by atoms with Crippen molar-refractivity contribution in [3.63, 3.8) is 0 Å². The van der Waals surface area contributed by atoms with Crippen LogP contribution in [0, 0.1) is 6.92 Å². The maximum Gasteiger partial charge on any atom is 2.00 e. The van der Waals surface area contributed by atoms with Crippen molar-refractivity contribution in [3.05, 3.63) is 106 Å². The van der Waals surface area contributed by atoms with Crippen molar-refractivity contribution in [1.29, 1.82) is 0 Å². The van der Waals surface area contributed by atoms with Crippen LogP contribution in [0.15, 0.2) is 54.6 Å². The Labute approximate surface area is 296 Å². The molecule has 5 heterocycles. The van der Waals surface area contributed by atoms with E-state index in [1.54, 1.807) is 0 Å². The number of aromatic nitrogens is 4. The number of aryl methyl sites for hydroxylation is 1. The Morgan fingerprint density at radius 2 is 0.957 bits per heavy atom. The van der Waals surface area contributed by atoms with E-state index in [9.17, 15) is 5.11 Å². The zero-order valence-corrected chi connectivity index (χ0v) is 31.9. The maximum absolute atomic E-state index is 12.9. The van der Waals surface area contributed by atoms with Crippen LogP contribution in [0.25, 0.3) is 0 Å². The Morgan fingerprint density at radius 3 is 1.45 bits per heavy atom. The van der Waals surface area contributed by atoms with Crippen molar-refractivity contribution in [2.45, 2.75) is 148 Å². The van der Waals surface area contributed by atoms with Crippen LogP contribution in [0.3, 0.4) is 0 Å². The van der Waals surface area contributed by atoms with Gasteiger partial charge in [0, 0.05) is 16.5 Å². The number of hydrogen-bond donors (Lipinski definition) is 1. The van der Waals surface area contributed by atoms with E-state index >= 15 is 0 Å². The van der Waals surface area contributed by atoms with Gasteiger partial charge in [-0.2, -0.15) is 17.1 Å². The third-order valence-electron chi connectivity index (χ3n) is 12.8. The normalized spacial score (nSPS) is 20.7. The number of aliphatic hydroxyl groups is 1. The van der Waals surface area contributed by atoms with Crippen LogP contribution in [0.1, 0.15) is 165 Å². The van der Waals surface area contributed by atoms with Gasteiger partial charge in [-0.3, -0.25) is 9.97 Å². The first-order chi connectivity index (χ1) is 22.0. The van der Waals surface area contributed by atoms with E-state index in [0.717, 1.165) is 102 Å². The molecular weight excluding hydrogens is 615 g/mol. The molecule has 0 saturated carbocycles. The minimum atomic E-state index is -1.27. The first-order valence-electron chi connectivity index (χ1n) is 18.0. The predicted octanol–water partition coefficient (Wildman–Crippen LogP) is 9.29. The van der Waals surface area contributed by atoms with E-state index in [0.29, 0.717) is 0 Å². The molecule has 0 saturated heterocycles. The Balaban J connectivity index is 0.00000500.